The molecule has 4 heterocycles. The zero-order valence-electron chi connectivity index (χ0n) is 20.5. The third kappa shape index (κ3) is 5.50. The number of fused-ring (bicyclic) bond motifs is 3. The predicted octanol–water partition coefficient (Wildman–Crippen LogP) is 6.15. The van der Waals surface area contributed by atoms with Gasteiger partial charge in [0.25, 0.3) is 5.91 Å². The summed E-state index contributed by atoms with van der Waals surface area (Å²) in [7, 11) is 2.23. The molecule has 1 N–H and O–H groups in total. The lowest BCUT2D eigenvalue weighted by molar-refractivity contribution is -0.123. The van der Waals surface area contributed by atoms with Gasteiger partial charge in [0.15, 0.2) is 0 Å². The lowest BCUT2D eigenvalue weighted by atomic mass is 9.95. The van der Waals surface area contributed by atoms with Gasteiger partial charge in [-0.05, 0) is 71.8 Å². The topological polar surface area (TPSA) is 41.6 Å². The molecule has 2 bridgehead atoms. The number of methoxy groups -OCH3 is 1. The highest BCUT2D eigenvalue weighted by molar-refractivity contribution is 7.51. The molecule has 0 aromatic heterocycles. The summed E-state index contributed by atoms with van der Waals surface area (Å²) in [6, 6.07) is 7.26. The largest absolute Gasteiger partial charge is 0.496 e. The van der Waals surface area contributed by atoms with Gasteiger partial charge < -0.3 is 15.0 Å². The number of ether oxygens (including phenoxy) is 1. The normalized spacial score (nSPS) is 26.4. The lowest BCUT2D eigenvalue weighted by Gasteiger charge is -2.35. The van der Waals surface area contributed by atoms with E-state index >= 15 is 0 Å². The standard InChI is InChI=1S/C23H25N2O2P.C5H12/c1-14-9-15(3-7-20(14)27-2)21-12-22(26)25-13-16(4-8-23(25)28-21)17-10-18-5-6-19(11-17)24-18;1-4-5(2)3/h3-4,7-10,12-13,18-19,23-24,28H,5-6,11H2,1-2H3;5H,4H2,1-3H3/t18-,19+,23?;/m1./s1. The number of carbonyl (C=O) groups is 1. The summed E-state index contributed by atoms with van der Waals surface area (Å²) in [5.74, 6) is 1.96. The average molecular weight is 465 g/mol. The van der Waals surface area contributed by atoms with Crippen LogP contribution in [0.2, 0.25) is 0 Å². The fourth-order valence-corrected chi connectivity index (χ4v) is 5.99. The van der Waals surface area contributed by atoms with E-state index in [0.29, 0.717) is 20.7 Å². The molecule has 1 saturated heterocycles. The number of hydrogen-bond donors (Lipinski definition) is 1. The Morgan fingerprint density at radius 2 is 2.06 bits per heavy atom. The molecule has 4 aliphatic heterocycles. The van der Waals surface area contributed by atoms with E-state index in [2.05, 4.69) is 62.6 Å². The van der Waals surface area contributed by atoms with Crippen LogP contribution in [0.4, 0.5) is 0 Å². The summed E-state index contributed by atoms with van der Waals surface area (Å²) in [5.41, 5.74) is 4.79. The van der Waals surface area contributed by atoms with E-state index in [4.69, 9.17) is 4.74 Å². The van der Waals surface area contributed by atoms with Crippen molar-refractivity contribution in [3.05, 3.63) is 71.0 Å². The maximum Gasteiger partial charge on any atom is 0.252 e. The van der Waals surface area contributed by atoms with Crippen molar-refractivity contribution in [1.82, 2.24) is 10.2 Å². The average Bonchev–Trinajstić information content (AvgIpc) is 3.16. The van der Waals surface area contributed by atoms with Gasteiger partial charge in [0, 0.05) is 24.4 Å². The molecule has 1 aromatic carbocycles. The van der Waals surface area contributed by atoms with Crippen LogP contribution in [0.25, 0.3) is 5.31 Å². The molecule has 4 aliphatic rings. The van der Waals surface area contributed by atoms with Crippen LogP contribution in [0.1, 0.15) is 57.6 Å². The minimum Gasteiger partial charge on any atom is -0.496 e. The number of allylic oxidation sites excluding steroid dienone is 2. The minimum atomic E-state index is 0.0755. The first kappa shape index (κ1) is 24.0. The van der Waals surface area contributed by atoms with E-state index in [-0.39, 0.29) is 11.7 Å². The van der Waals surface area contributed by atoms with Crippen LogP contribution >= 0.6 is 8.58 Å². The summed E-state index contributed by atoms with van der Waals surface area (Å²) < 4.78 is 5.36. The molecular weight excluding hydrogens is 427 g/mol. The molecule has 0 aliphatic carbocycles. The quantitative estimate of drug-likeness (QED) is 0.544. The SMILES string of the molecule is CCC(C)C.COc1ccc(C2=CC(=O)N3C=C(C4=C[C@H]5CC[C@@H](C4)N5)C=CC3P2)cc1C. The Morgan fingerprint density at radius 1 is 1.27 bits per heavy atom. The Morgan fingerprint density at radius 3 is 2.73 bits per heavy atom. The Balaban J connectivity index is 0.000000471. The second-order valence-corrected chi connectivity index (χ2v) is 11.2. The zero-order chi connectivity index (χ0) is 23.5. The third-order valence-corrected chi connectivity index (χ3v) is 8.41. The van der Waals surface area contributed by atoms with Gasteiger partial charge in [-0.3, -0.25) is 4.79 Å². The minimum absolute atomic E-state index is 0.0755. The van der Waals surface area contributed by atoms with Gasteiger partial charge in [-0.15, -0.1) is 0 Å². The molecule has 1 aromatic rings. The highest BCUT2D eigenvalue weighted by Crippen LogP contribution is 2.46. The van der Waals surface area contributed by atoms with Crippen molar-refractivity contribution in [2.24, 2.45) is 5.92 Å². The molecule has 4 nitrogen and oxygen atoms in total. The van der Waals surface area contributed by atoms with E-state index in [0.717, 1.165) is 34.5 Å². The van der Waals surface area contributed by atoms with Crippen molar-refractivity contribution >= 4 is 19.8 Å². The van der Waals surface area contributed by atoms with Crippen LogP contribution in [0.5, 0.6) is 5.75 Å². The summed E-state index contributed by atoms with van der Waals surface area (Å²) in [6.45, 7) is 8.68. The number of nitrogens with zero attached hydrogens (tertiary/aromatic N) is 1. The Labute approximate surface area is 200 Å². The fourth-order valence-electron chi connectivity index (χ4n) is 4.61. The molecule has 0 radical (unpaired) electrons. The van der Waals surface area contributed by atoms with Gasteiger partial charge in [0.05, 0.1) is 12.9 Å². The van der Waals surface area contributed by atoms with E-state index in [1.807, 2.05) is 24.0 Å². The number of nitrogens with one attached hydrogen (secondary N) is 1. The molecule has 1 amide bonds. The van der Waals surface area contributed by atoms with Crippen molar-refractivity contribution in [3.63, 3.8) is 0 Å². The third-order valence-electron chi connectivity index (χ3n) is 6.90. The van der Waals surface area contributed by atoms with Gasteiger partial charge in [-0.2, -0.15) is 0 Å². The van der Waals surface area contributed by atoms with Crippen LogP contribution in [-0.4, -0.2) is 35.8 Å². The lowest BCUT2D eigenvalue weighted by Crippen LogP contribution is -2.36. The maximum atomic E-state index is 12.9. The van der Waals surface area contributed by atoms with Gasteiger partial charge in [-0.25, -0.2) is 0 Å². The zero-order valence-corrected chi connectivity index (χ0v) is 21.5. The molecule has 2 unspecified atom stereocenters. The van der Waals surface area contributed by atoms with Gasteiger partial charge in [-0.1, -0.05) is 60.1 Å². The first-order valence-corrected chi connectivity index (χ1v) is 13.3. The van der Waals surface area contributed by atoms with Crippen molar-refractivity contribution in [1.29, 1.82) is 0 Å². The molecule has 176 valence electrons. The van der Waals surface area contributed by atoms with E-state index in [1.165, 1.54) is 30.4 Å². The molecule has 33 heavy (non-hydrogen) atoms. The molecular formula is C28H37N2O2P. The van der Waals surface area contributed by atoms with Crippen molar-refractivity contribution in [2.75, 3.05) is 7.11 Å². The van der Waals surface area contributed by atoms with Crippen molar-refractivity contribution in [3.8, 4) is 5.75 Å². The fraction of sp³-hybridized carbons (Fsp3) is 0.464. The molecule has 5 heteroatoms. The Hall–Kier alpha value is -2.16. The first-order chi connectivity index (χ1) is 15.9. The van der Waals surface area contributed by atoms with E-state index in [9.17, 15) is 4.79 Å². The highest BCUT2D eigenvalue weighted by Gasteiger charge is 2.32. The van der Waals surface area contributed by atoms with Crippen molar-refractivity contribution in [2.45, 2.75) is 71.2 Å². The van der Waals surface area contributed by atoms with Crippen LogP contribution < -0.4 is 10.1 Å². The summed E-state index contributed by atoms with van der Waals surface area (Å²) in [6.07, 6.45) is 15.5. The van der Waals surface area contributed by atoms with Gasteiger partial charge >= 0.3 is 0 Å². The van der Waals surface area contributed by atoms with Crippen LogP contribution in [0.3, 0.4) is 0 Å². The van der Waals surface area contributed by atoms with E-state index < -0.39 is 0 Å². The number of aryl methyl sites for hydroxylation is 1. The summed E-state index contributed by atoms with van der Waals surface area (Å²) in [4.78, 5) is 14.8. The molecule has 0 spiro atoms. The van der Waals surface area contributed by atoms with Gasteiger partial charge in [0.1, 0.15) is 5.75 Å². The van der Waals surface area contributed by atoms with Crippen LogP contribution in [0, 0.1) is 12.8 Å². The number of benzene rings is 1. The second-order valence-electron chi connectivity index (χ2n) is 9.77. The molecule has 4 atom stereocenters. The Bertz CT molecular complexity index is 1020. The Kier molecular flexibility index (Phi) is 7.56. The van der Waals surface area contributed by atoms with Crippen LogP contribution in [0.15, 0.2) is 59.8 Å². The van der Waals surface area contributed by atoms with E-state index in [1.54, 1.807) is 7.11 Å². The highest BCUT2D eigenvalue weighted by atomic mass is 31.1. The van der Waals surface area contributed by atoms with Gasteiger partial charge in [0.2, 0.25) is 0 Å². The van der Waals surface area contributed by atoms with Crippen molar-refractivity contribution < 1.29 is 9.53 Å². The first-order valence-electron chi connectivity index (χ1n) is 12.2. The maximum absolute atomic E-state index is 12.9. The monoisotopic (exact) mass is 464 g/mol. The number of amides is 1. The molecule has 1 fully saturated rings. The smallest absolute Gasteiger partial charge is 0.252 e. The van der Waals surface area contributed by atoms with Crippen LogP contribution in [-0.2, 0) is 4.79 Å². The molecule has 0 saturated carbocycles. The number of carbonyl (C=O) groups excluding carboxylic acids is 1. The summed E-state index contributed by atoms with van der Waals surface area (Å²) >= 11 is 0. The summed E-state index contributed by atoms with van der Waals surface area (Å²) in [5, 5.41) is 4.76. The number of rotatable bonds is 4. The second kappa shape index (κ2) is 10.4. The molecule has 5 rings (SSSR count). The predicted molar refractivity (Wildman–Crippen MR) is 140 cm³/mol. The number of hydrogen-bond acceptors (Lipinski definition) is 3.